The molecular weight excluding hydrogens is 374 g/mol. The zero-order valence-electron chi connectivity index (χ0n) is 15.4. The minimum absolute atomic E-state index is 0.0606. The van der Waals surface area contributed by atoms with Crippen LogP contribution in [0.15, 0.2) is 36.5 Å². The van der Waals surface area contributed by atoms with Crippen LogP contribution in [0.3, 0.4) is 0 Å². The van der Waals surface area contributed by atoms with E-state index in [0.29, 0.717) is 18.7 Å². The maximum Gasteiger partial charge on any atom is 0.416 e. The molecule has 0 saturated carbocycles. The number of carbonyl (C=O) groups is 1. The highest BCUT2D eigenvalue weighted by Gasteiger charge is 2.36. The van der Waals surface area contributed by atoms with E-state index in [0.717, 1.165) is 24.6 Å². The quantitative estimate of drug-likeness (QED) is 0.772. The molecule has 2 heterocycles. The van der Waals surface area contributed by atoms with Crippen LogP contribution in [0.2, 0.25) is 0 Å². The number of alkyl halides is 3. The Bertz CT molecular complexity index is 836. The number of carbonyl (C=O) groups excluding carboxylic acids is 1. The largest absolute Gasteiger partial charge is 0.416 e. The van der Waals surface area contributed by atoms with Gasteiger partial charge in [0, 0.05) is 31.8 Å². The molecule has 2 aromatic rings. The molecule has 0 unspecified atom stereocenters. The highest BCUT2D eigenvalue weighted by molar-refractivity contribution is 5.72. The van der Waals surface area contributed by atoms with Crippen molar-refractivity contribution < 1.29 is 22.4 Å². The lowest BCUT2D eigenvalue weighted by molar-refractivity contribution is -0.138. The Labute approximate surface area is 160 Å². The Morgan fingerprint density at radius 2 is 2.00 bits per heavy atom. The number of likely N-dealkylation sites (tertiary alicyclic amines) is 1. The maximum atomic E-state index is 13.5. The summed E-state index contributed by atoms with van der Waals surface area (Å²) in [4.78, 5) is 17.4. The van der Waals surface area contributed by atoms with Crippen LogP contribution in [0.1, 0.15) is 48.2 Å². The number of hydrogen-bond donors (Lipinski definition) is 1. The van der Waals surface area contributed by atoms with Crippen LogP contribution in [0.5, 0.6) is 0 Å². The predicted octanol–water partition coefficient (Wildman–Crippen LogP) is 4.21. The van der Waals surface area contributed by atoms with E-state index in [1.54, 1.807) is 12.1 Å². The summed E-state index contributed by atoms with van der Waals surface area (Å²) >= 11 is 0. The Kier molecular flexibility index (Phi) is 5.98. The van der Waals surface area contributed by atoms with Gasteiger partial charge in [0.2, 0.25) is 5.91 Å². The zero-order chi connectivity index (χ0) is 20.3. The average molecular weight is 395 g/mol. The summed E-state index contributed by atoms with van der Waals surface area (Å²) in [5, 5.41) is 2.39. The van der Waals surface area contributed by atoms with Gasteiger partial charge in [-0.2, -0.15) is 13.2 Å². The third-order valence-corrected chi connectivity index (χ3v) is 4.84. The molecule has 1 atom stereocenters. The summed E-state index contributed by atoms with van der Waals surface area (Å²) in [6, 6.07) is 6.95. The fraction of sp³-hybridized carbons (Fsp3) is 0.400. The summed E-state index contributed by atoms with van der Waals surface area (Å²) in [5.41, 5.74) is 0.416. The van der Waals surface area contributed by atoms with Crippen LogP contribution in [-0.2, 0) is 24.1 Å². The Hall–Kier alpha value is -2.48. The van der Waals surface area contributed by atoms with Gasteiger partial charge in [-0.15, -0.1) is 0 Å². The molecule has 3 rings (SSSR count). The van der Waals surface area contributed by atoms with Crippen LogP contribution >= 0.6 is 0 Å². The van der Waals surface area contributed by atoms with Gasteiger partial charge in [-0.1, -0.05) is 12.1 Å². The van der Waals surface area contributed by atoms with Gasteiger partial charge in [-0.05, 0) is 43.1 Å². The van der Waals surface area contributed by atoms with E-state index in [1.165, 1.54) is 25.3 Å². The van der Waals surface area contributed by atoms with Gasteiger partial charge < -0.3 is 5.32 Å². The number of benzene rings is 1. The van der Waals surface area contributed by atoms with Crippen molar-refractivity contribution in [3.63, 3.8) is 0 Å². The Balaban J connectivity index is 1.84. The molecule has 0 aliphatic carbocycles. The smallest absolute Gasteiger partial charge is 0.352 e. The molecule has 0 radical (unpaired) electrons. The van der Waals surface area contributed by atoms with Crippen molar-refractivity contribution in [2.75, 3.05) is 6.54 Å². The lowest BCUT2D eigenvalue weighted by atomic mass is 10.0. The number of rotatable bonds is 5. The molecule has 1 amide bonds. The fourth-order valence-corrected chi connectivity index (χ4v) is 3.48. The van der Waals surface area contributed by atoms with Crippen molar-refractivity contribution in [2.45, 2.75) is 45.1 Å². The number of pyridine rings is 1. The van der Waals surface area contributed by atoms with E-state index in [4.69, 9.17) is 0 Å². The highest BCUT2D eigenvalue weighted by Crippen LogP contribution is 2.37. The number of nitrogens with zero attached hydrogens (tertiary/aromatic N) is 2. The fourth-order valence-electron chi connectivity index (χ4n) is 3.48. The van der Waals surface area contributed by atoms with Gasteiger partial charge in [-0.25, -0.2) is 4.39 Å². The van der Waals surface area contributed by atoms with E-state index in [1.807, 2.05) is 0 Å². The van der Waals surface area contributed by atoms with Crippen molar-refractivity contribution in [1.82, 2.24) is 15.2 Å². The second-order valence-electron chi connectivity index (χ2n) is 6.93. The minimum atomic E-state index is -4.54. The molecule has 1 aliphatic heterocycles. The van der Waals surface area contributed by atoms with Gasteiger partial charge in [-0.3, -0.25) is 14.7 Å². The number of nitrogens with one attached hydrogen (secondary N) is 1. The lowest BCUT2D eigenvalue weighted by Gasteiger charge is -2.25. The van der Waals surface area contributed by atoms with E-state index in [9.17, 15) is 22.4 Å². The summed E-state index contributed by atoms with van der Waals surface area (Å²) in [7, 11) is 0. The normalized spacial score (nSPS) is 17.7. The van der Waals surface area contributed by atoms with E-state index in [2.05, 4.69) is 15.2 Å². The minimum Gasteiger partial charge on any atom is -0.352 e. The summed E-state index contributed by atoms with van der Waals surface area (Å²) in [5.74, 6) is -0.730. The first kappa shape index (κ1) is 20.3. The first-order chi connectivity index (χ1) is 13.2. The van der Waals surface area contributed by atoms with E-state index < -0.39 is 17.6 Å². The van der Waals surface area contributed by atoms with Crippen LogP contribution in [0, 0.1) is 5.82 Å². The predicted molar refractivity (Wildman–Crippen MR) is 95.5 cm³/mol. The lowest BCUT2D eigenvalue weighted by Crippen LogP contribution is -2.25. The molecule has 28 heavy (non-hydrogen) atoms. The number of hydrogen-bond acceptors (Lipinski definition) is 3. The third kappa shape index (κ3) is 4.86. The molecule has 8 heteroatoms. The van der Waals surface area contributed by atoms with Gasteiger partial charge in [0.25, 0.3) is 0 Å². The molecule has 150 valence electrons. The number of amides is 1. The molecule has 4 nitrogen and oxygen atoms in total. The van der Waals surface area contributed by atoms with Gasteiger partial charge in [0.05, 0.1) is 17.3 Å². The molecule has 1 N–H and O–H groups in total. The van der Waals surface area contributed by atoms with E-state index >= 15 is 0 Å². The monoisotopic (exact) mass is 395 g/mol. The van der Waals surface area contributed by atoms with Gasteiger partial charge in [0.1, 0.15) is 5.82 Å². The standard InChI is InChI=1S/C20H21F4N3O/c1-13(28)25-10-15-11-26-18(9-17(15)20(22,23)24)19-3-2-8-27(19)12-14-4-6-16(21)7-5-14/h4-7,9,11,19H,2-3,8,10,12H2,1H3,(H,25,28)/t19-/m1/s1. The van der Waals surface area contributed by atoms with Gasteiger partial charge >= 0.3 is 6.18 Å². The van der Waals surface area contributed by atoms with Crippen LogP contribution < -0.4 is 5.32 Å². The van der Waals surface area contributed by atoms with Crippen molar-refractivity contribution in [2.24, 2.45) is 0 Å². The summed E-state index contributed by atoms with van der Waals surface area (Å²) < 4.78 is 53.7. The topological polar surface area (TPSA) is 45.2 Å². The Morgan fingerprint density at radius 3 is 2.64 bits per heavy atom. The highest BCUT2D eigenvalue weighted by atomic mass is 19.4. The molecule has 1 fully saturated rings. The molecule has 1 aliphatic rings. The molecular formula is C20H21F4N3O. The molecule has 1 aromatic heterocycles. The molecule has 1 aromatic carbocycles. The van der Waals surface area contributed by atoms with Crippen molar-refractivity contribution in [3.8, 4) is 0 Å². The summed E-state index contributed by atoms with van der Waals surface area (Å²) in [6.07, 6.45) is -1.78. The molecule has 0 bridgehead atoms. The summed E-state index contributed by atoms with van der Waals surface area (Å²) in [6.45, 7) is 2.28. The number of aromatic nitrogens is 1. The van der Waals surface area contributed by atoms with Crippen LogP contribution in [0.4, 0.5) is 17.6 Å². The van der Waals surface area contributed by atoms with Crippen molar-refractivity contribution in [1.29, 1.82) is 0 Å². The molecule has 1 saturated heterocycles. The third-order valence-electron chi connectivity index (χ3n) is 4.84. The Morgan fingerprint density at radius 1 is 1.29 bits per heavy atom. The second kappa shape index (κ2) is 8.26. The maximum absolute atomic E-state index is 13.5. The van der Waals surface area contributed by atoms with Crippen molar-refractivity contribution >= 4 is 5.91 Å². The SMILES string of the molecule is CC(=O)NCc1cnc([C@H]2CCCN2Cc2ccc(F)cc2)cc1C(F)(F)F. The van der Waals surface area contributed by atoms with Crippen LogP contribution in [0.25, 0.3) is 0 Å². The number of halogens is 4. The van der Waals surface area contributed by atoms with Gasteiger partial charge in [0.15, 0.2) is 0 Å². The molecule has 0 spiro atoms. The first-order valence-corrected chi connectivity index (χ1v) is 9.03. The first-order valence-electron chi connectivity index (χ1n) is 9.03. The van der Waals surface area contributed by atoms with Crippen LogP contribution in [-0.4, -0.2) is 22.3 Å². The average Bonchev–Trinajstić information content (AvgIpc) is 3.09. The van der Waals surface area contributed by atoms with E-state index in [-0.39, 0.29) is 24.0 Å². The zero-order valence-corrected chi connectivity index (χ0v) is 15.4. The van der Waals surface area contributed by atoms with Crippen molar-refractivity contribution in [3.05, 3.63) is 64.7 Å². The second-order valence-corrected chi connectivity index (χ2v) is 6.93.